The summed E-state index contributed by atoms with van der Waals surface area (Å²) >= 11 is 0. The zero-order valence-electron chi connectivity index (χ0n) is 12.9. The van der Waals surface area contributed by atoms with Crippen molar-refractivity contribution in [3.05, 3.63) is 24.0 Å². The van der Waals surface area contributed by atoms with Crippen LogP contribution in [0, 0.1) is 5.92 Å². The Morgan fingerprint density at radius 2 is 1.79 bits per heavy atom. The summed E-state index contributed by atoms with van der Waals surface area (Å²) in [5.41, 5.74) is 1.89. The van der Waals surface area contributed by atoms with Gasteiger partial charge in [-0.1, -0.05) is 27.7 Å². The number of anilines is 1. The summed E-state index contributed by atoms with van der Waals surface area (Å²) in [6.45, 7) is 11.7. The first-order chi connectivity index (χ1) is 8.99. The van der Waals surface area contributed by atoms with Crippen molar-refractivity contribution in [2.45, 2.75) is 59.6 Å². The maximum Gasteiger partial charge on any atom is 0.0931 e. The van der Waals surface area contributed by atoms with Gasteiger partial charge in [0.15, 0.2) is 0 Å². The largest absolute Gasteiger partial charge is 0.387 e. The molecule has 1 N–H and O–H groups in total. The normalized spacial score (nSPS) is 13.1. The summed E-state index contributed by atoms with van der Waals surface area (Å²) < 4.78 is 0. The molecule has 0 saturated carbocycles. The molecule has 1 heterocycles. The summed E-state index contributed by atoms with van der Waals surface area (Å²) in [6.07, 6.45) is 3.67. The molecule has 3 nitrogen and oxygen atoms in total. The van der Waals surface area contributed by atoms with Crippen LogP contribution in [0.25, 0.3) is 0 Å². The fraction of sp³-hybridized carbons (Fsp3) is 0.688. The van der Waals surface area contributed by atoms with Crippen LogP contribution in [0.4, 0.5) is 5.69 Å². The van der Waals surface area contributed by atoms with Crippen molar-refractivity contribution in [3.8, 4) is 0 Å². The van der Waals surface area contributed by atoms with Crippen molar-refractivity contribution in [2.24, 2.45) is 5.92 Å². The predicted octanol–water partition coefficient (Wildman–Crippen LogP) is 3.79. The molecule has 3 heteroatoms. The molecule has 1 aromatic rings. The summed E-state index contributed by atoms with van der Waals surface area (Å²) in [4.78, 5) is 6.81. The Hall–Kier alpha value is -1.09. The van der Waals surface area contributed by atoms with Gasteiger partial charge in [0.1, 0.15) is 0 Å². The van der Waals surface area contributed by atoms with Crippen molar-refractivity contribution in [1.29, 1.82) is 0 Å². The van der Waals surface area contributed by atoms with E-state index >= 15 is 0 Å². The van der Waals surface area contributed by atoms with E-state index in [1.54, 1.807) is 6.92 Å². The highest BCUT2D eigenvalue weighted by Gasteiger charge is 2.17. The van der Waals surface area contributed by atoms with Crippen molar-refractivity contribution in [2.75, 3.05) is 11.4 Å². The molecule has 1 rings (SSSR count). The Bertz CT molecular complexity index is 356. The maximum atomic E-state index is 9.52. The second-order valence-electron chi connectivity index (χ2n) is 5.63. The summed E-state index contributed by atoms with van der Waals surface area (Å²) in [5, 5.41) is 9.52. The molecule has 1 aromatic heterocycles. The fourth-order valence-electron chi connectivity index (χ4n) is 2.40. The van der Waals surface area contributed by atoms with Gasteiger partial charge in [-0.3, -0.25) is 4.98 Å². The lowest BCUT2D eigenvalue weighted by Gasteiger charge is -2.34. The van der Waals surface area contributed by atoms with Crippen LogP contribution < -0.4 is 4.90 Å². The molecule has 1 atom stereocenters. The van der Waals surface area contributed by atoms with E-state index in [0.717, 1.165) is 30.8 Å². The average molecular weight is 264 g/mol. The minimum absolute atomic E-state index is 0.499. The molecule has 108 valence electrons. The highest BCUT2D eigenvalue weighted by Crippen LogP contribution is 2.22. The third-order valence-electron chi connectivity index (χ3n) is 3.48. The molecule has 0 bridgehead atoms. The highest BCUT2D eigenvalue weighted by atomic mass is 16.3. The van der Waals surface area contributed by atoms with E-state index in [1.165, 1.54) is 0 Å². The van der Waals surface area contributed by atoms with Gasteiger partial charge in [-0.25, -0.2) is 0 Å². The SMILES string of the molecule is CCC(CC)N(CC(C)C)c1ccc(C(C)O)nc1. The van der Waals surface area contributed by atoms with E-state index in [4.69, 9.17) is 0 Å². The van der Waals surface area contributed by atoms with Gasteiger partial charge in [0.05, 0.1) is 23.7 Å². The number of aliphatic hydroxyl groups excluding tert-OH is 1. The van der Waals surface area contributed by atoms with E-state index in [9.17, 15) is 5.11 Å². The van der Waals surface area contributed by atoms with E-state index in [-0.39, 0.29) is 0 Å². The topological polar surface area (TPSA) is 36.4 Å². The molecular weight excluding hydrogens is 236 g/mol. The predicted molar refractivity (Wildman–Crippen MR) is 81.4 cm³/mol. The fourth-order valence-corrected chi connectivity index (χ4v) is 2.40. The molecular formula is C16H28N2O. The summed E-state index contributed by atoms with van der Waals surface area (Å²) in [7, 11) is 0. The number of hydrogen-bond acceptors (Lipinski definition) is 3. The molecule has 19 heavy (non-hydrogen) atoms. The monoisotopic (exact) mass is 264 g/mol. The first-order valence-corrected chi connectivity index (χ1v) is 7.40. The van der Waals surface area contributed by atoms with E-state index in [1.807, 2.05) is 12.3 Å². The van der Waals surface area contributed by atoms with Gasteiger partial charge in [-0.05, 0) is 37.8 Å². The molecule has 0 radical (unpaired) electrons. The minimum atomic E-state index is -0.499. The summed E-state index contributed by atoms with van der Waals surface area (Å²) in [6, 6.07) is 4.56. The van der Waals surface area contributed by atoms with Crippen molar-refractivity contribution >= 4 is 5.69 Å². The van der Waals surface area contributed by atoms with E-state index in [2.05, 4.69) is 43.6 Å². The minimum Gasteiger partial charge on any atom is -0.387 e. The Kier molecular flexibility index (Phi) is 6.29. The number of nitrogens with zero attached hydrogens (tertiary/aromatic N) is 2. The number of aliphatic hydroxyl groups is 1. The van der Waals surface area contributed by atoms with Crippen molar-refractivity contribution < 1.29 is 5.11 Å². The Morgan fingerprint density at radius 1 is 1.16 bits per heavy atom. The van der Waals surface area contributed by atoms with Gasteiger partial charge in [-0.2, -0.15) is 0 Å². The second-order valence-corrected chi connectivity index (χ2v) is 5.63. The van der Waals surface area contributed by atoms with Gasteiger partial charge in [-0.15, -0.1) is 0 Å². The molecule has 0 aliphatic carbocycles. The molecule has 0 fully saturated rings. The zero-order valence-corrected chi connectivity index (χ0v) is 12.9. The molecule has 1 unspecified atom stereocenters. The van der Waals surface area contributed by atoms with Crippen LogP contribution in [0.15, 0.2) is 18.3 Å². The third-order valence-corrected chi connectivity index (χ3v) is 3.48. The molecule has 0 aromatic carbocycles. The summed E-state index contributed by atoms with van der Waals surface area (Å²) in [5.74, 6) is 0.622. The average Bonchev–Trinajstić information content (AvgIpc) is 2.38. The molecule has 0 aliphatic rings. The van der Waals surface area contributed by atoms with Gasteiger partial charge in [0, 0.05) is 12.6 Å². The van der Waals surface area contributed by atoms with Crippen LogP contribution in [0.5, 0.6) is 0 Å². The van der Waals surface area contributed by atoms with Crippen LogP contribution in [0.3, 0.4) is 0 Å². The molecule has 0 spiro atoms. The lowest BCUT2D eigenvalue weighted by molar-refractivity contribution is 0.194. The van der Waals surface area contributed by atoms with Crippen LogP contribution >= 0.6 is 0 Å². The number of hydrogen-bond donors (Lipinski definition) is 1. The Labute approximate surface area is 117 Å². The standard InChI is InChI=1S/C16H28N2O/c1-6-14(7-2)18(11-12(3)4)15-8-9-16(13(5)19)17-10-15/h8-10,12-14,19H,6-7,11H2,1-5H3. The van der Waals surface area contributed by atoms with E-state index < -0.39 is 6.10 Å². The van der Waals surface area contributed by atoms with Gasteiger partial charge in [0.25, 0.3) is 0 Å². The quantitative estimate of drug-likeness (QED) is 0.814. The smallest absolute Gasteiger partial charge is 0.0931 e. The zero-order chi connectivity index (χ0) is 14.4. The lowest BCUT2D eigenvalue weighted by atomic mass is 10.1. The Balaban J connectivity index is 2.96. The maximum absolute atomic E-state index is 9.52. The molecule has 0 amide bonds. The van der Waals surface area contributed by atoms with Gasteiger partial charge >= 0.3 is 0 Å². The van der Waals surface area contributed by atoms with Gasteiger partial charge < -0.3 is 10.0 Å². The second kappa shape index (κ2) is 7.49. The molecule has 0 saturated heterocycles. The first kappa shape index (κ1) is 16.0. The van der Waals surface area contributed by atoms with Crippen molar-refractivity contribution in [1.82, 2.24) is 4.98 Å². The number of rotatable bonds is 7. The van der Waals surface area contributed by atoms with Crippen molar-refractivity contribution in [3.63, 3.8) is 0 Å². The van der Waals surface area contributed by atoms with Crippen LogP contribution in [-0.2, 0) is 0 Å². The lowest BCUT2D eigenvalue weighted by Crippen LogP contribution is -2.37. The number of aromatic nitrogens is 1. The first-order valence-electron chi connectivity index (χ1n) is 7.40. The Morgan fingerprint density at radius 3 is 2.16 bits per heavy atom. The van der Waals surface area contributed by atoms with E-state index in [0.29, 0.717) is 12.0 Å². The molecule has 0 aliphatic heterocycles. The van der Waals surface area contributed by atoms with Crippen LogP contribution in [0.1, 0.15) is 59.3 Å². The van der Waals surface area contributed by atoms with Crippen LogP contribution in [0.2, 0.25) is 0 Å². The van der Waals surface area contributed by atoms with Crippen LogP contribution in [-0.4, -0.2) is 22.7 Å². The highest BCUT2D eigenvalue weighted by molar-refractivity contribution is 5.46. The third kappa shape index (κ3) is 4.50. The van der Waals surface area contributed by atoms with Gasteiger partial charge in [0.2, 0.25) is 0 Å². The number of pyridine rings is 1.